The Kier molecular flexibility index (Phi) is 53.6. The third kappa shape index (κ3) is 56.9. The molecule has 0 radical (unpaired) electrons. The zero-order valence-electron chi connectivity index (χ0n) is 50.6. The van der Waals surface area contributed by atoms with Gasteiger partial charge in [-0.2, -0.15) is 0 Å². The maximum atomic E-state index is 13.5. The number of phosphoric ester groups is 1. The summed E-state index contributed by atoms with van der Waals surface area (Å²) in [5.74, 6) is -0.578. The fraction of sp³-hybridized carbons (Fsp3) is 0.647. The Balaban J connectivity index is 5.34. The number of allylic oxidation sites excluding steroid dienone is 21. The average molecular weight is 1100 g/mol. The number of unbranched alkanes of at least 4 members (excludes halogenated alkanes) is 23. The van der Waals surface area contributed by atoms with Gasteiger partial charge >= 0.3 is 13.8 Å². The Labute approximate surface area is 479 Å². The molecule has 0 aromatic heterocycles. The molecule has 1 amide bonds. The van der Waals surface area contributed by atoms with Crippen molar-refractivity contribution in [1.82, 2.24) is 5.32 Å². The van der Waals surface area contributed by atoms with Crippen molar-refractivity contribution in [3.63, 3.8) is 0 Å². The lowest BCUT2D eigenvalue weighted by molar-refractivity contribution is -0.870. The lowest BCUT2D eigenvalue weighted by Gasteiger charge is -2.27. The normalized spacial score (nSPS) is 14.6. The number of quaternary nitrogens is 1. The fourth-order valence-electron chi connectivity index (χ4n) is 8.19. The topological polar surface area (TPSA) is 111 Å². The summed E-state index contributed by atoms with van der Waals surface area (Å²) < 4.78 is 30.6. The molecule has 2 N–H and O–H groups in total. The van der Waals surface area contributed by atoms with Gasteiger partial charge in [0.05, 0.1) is 33.8 Å². The van der Waals surface area contributed by atoms with Crippen molar-refractivity contribution in [3.05, 3.63) is 134 Å². The molecule has 10 heteroatoms. The van der Waals surface area contributed by atoms with Gasteiger partial charge in [0, 0.05) is 12.8 Å². The minimum Gasteiger partial charge on any atom is -0.456 e. The second kappa shape index (κ2) is 56.4. The molecular formula is C68H116N2O7P+. The molecule has 0 aliphatic heterocycles. The number of ether oxygens (including phenoxy) is 1. The first-order valence-electron chi connectivity index (χ1n) is 31.1. The standard InChI is InChI=1S/C68H115N2O7P/c1-7-10-13-16-19-22-25-28-30-32-33-34-35-36-37-39-41-43-46-49-52-55-58-61-68(72)77-66(59-56-53-50-47-44-27-24-21-18-15-12-9-3)65(64-76-78(73,74)75-63-62-70(4,5)6)69-67(71)60-57-54-51-48-45-42-40-38-31-29-26-23-20-17-14-11-8-2/h11,14,17,19-20,22-23,26,28-31,33-34,36-38,40,42,45,56,59,65-66H,7-10,12-13,15-16,18,21,24-25,27,32,35,39,41,43-44,46-55,57-58,60-64H2,1-6H3,(H-,69,71,73,74)/p+1/b14-11-,20-17+,22-19-,26-23+,30-28-,31-29-,34-33-,37-36-,40-38+,45-42+,59-56-. The van der Waals surface area contributed by atoms with Crippen LogP contribution in [0.4, 0.5) is 0 Å². The van der Waals surface area contributed by atoms with E-state index in [1.165, 1.54) is 96.3 Å². The van der Waals surface area contributed by atoms with Gasteiger partial charge in [-0.05, 0) is 96.0 Å². The second-order valence-electron chi connectivity index (χ2n) is 21.6. The number of hydrogen-bond donors (Lipinski definition) is 2. The number of hydrogen-bond acceptors (Lipinski definition) is 6. The molecule has 3 unspecified atom stereocenters. The molecule has 3 atom stereocenters. The van der Waals surface area contributed by atoms with E-state index < -0.39 is 20.0 Å². The monoisotopic (exact) mass is 1100 g/mol. The number of rotatable bonds is 54. The van der Waals surface area contributed by atoms with Crippen LogP contribution in [0.3, 0.4) is 0 Å². The Hall–Kier alpha value is -3.85. The molecular weight excluding hydrogens is 988 g/mol. The zero-order valence-corrected chi connectivity index (χ0v) is 51.5. The first-order valence-corrected chi connectivity index (χ1v) is 32.6. The van der Waals surface area contributed by atoms with Crippen LogP contribution in [0.2, 0.25) is 0 Å². The first kappa shape index (κ1) is 74.2. The van der Waals surface area contributed by atoms with E-state index in [0.717, 1.165) is 89.9 Å². The summed E-state index contributed by atoms with van der Waals surface area (Å²) in [6.45, 7) is 6.77. The molecule has 0 aliphatic rings. The van der Waals surface area contributed by atoms with Crippen LogP contribution in [0.5, 0.6) is 0 Å². The highest BCUT2D eigenvalue weighted by atomic mass is 31.2. The number of nitrogens with zero attached hydrogens (tertiary/aromatic N) is 1. The maximum absolute atomic E-state index is 13.5. The summed E-state index contributed by atoms with van der Waals surface area (Å²) in [5.41, 5.74) is 0. The largest absolute Gasteiger partial charge is 0.472 e. The zero-order chi connectivity index (χ0) is 57.2. The van der Waals surface area contributed by atoms with Crippen molar-refractivity contribution in [2.45, 2.75) is 245 Å². The van der Waals surface area contributed by atoms with Crippen LogP contribution in [-0.4, -0.2) is 74.3 Å². The van der Waals surface area contributed by atoms with Crippen molar-refractivity contribution in [3.8, 4) is 0 Å². The summed E-state index contributed by atoms with van der Waals surface area (Å²) >= 11 is 0. The van der Waals surface area contributed by atoms with Crippen LogP contribution in [0.15, 0.2) is 134 Å². The number of carbonyl (C=O) groups is 2. The fourth-order valence-corrected chi connectivity index (χ4v) is 8.93. The van der Waals surface area contributed by atoms with Gasteiger partial charge in [0.1, 0.15) is 19.3 Å². The predicted octanol–water partition coefficient (Wildman–Crippen LogP) is 19.3. The molecule has 9 nitrogen and oxygen atoms in total. The Morgan fingerprint density at radius 2 is 0.872 bits per heavy atom. The molecule has 78 heavy (non-hydrogen) atoms. The van der Waals surface area contributed by atoms with Gasteiger partial charge in [0.2, 0.25) is 5.91 Å². The van der Waals surface area contributed by atoms with Crippen molar-refractivity contribution < 1.29 is 37.3 Å². The van der Waals surface area contributed by atoms with E-state index in [9.17, 15) is 19.0 Å². The van der Waals surface area contributed by atoms with Gasteiger partial charge in [0.15, 0.2) is 0 Å². The molecule has 0 rings (SSSR count). The highest BCUT2D eigenvalue weighted by Crippen LogP contribution is 2.43. The number of phosphoric acid groups is 1. The van der Waals surface area contributed by atoms with E-state index in [4.69, 9.17) is 13.8 Å². The highest BCUT2D eigenvalue weighted by molar-refractivity contribution is 7.47. The molecule has 0 spiro atoms. The number of esters is 1. The molecule has 0 aromatic rings. The van der Waals surface area contributed by atoms with E-state index in [1.807, 2.05) is 94.1 Å². The van der Waals surface area contributed by atoms with E-state index >= 15 is 0 Å². The van der Waals surface area contributed by atoms with E-state index in [-0.39, 0.29) is 37.9 Å². The molecule has 0 bridgehead atoms. The minimum absolute atomic E-state index is 0.0212. The van der Waals surface area contributed by atoms with Crippen molar-refractivity contribution in [1.29, 1.82) is 0 Å². The maximum Gasteiger partial charge on any atom is 0.472 e. The summed E-state index contributed by atoms with van der Waals surface area (Å²) in [6, 6.07) is -0.886. The summed E-state index contributed by atoms with van der Waals surface area (Å²) in [7, 11) is 1.44. The first-order chi connectivity index (χ1) is 37.9. The number of nitrogens with one attached hydrogen (secondary N) is 1. The Morgan fingerprint density at radius 3 is 1.38 bits per heavy atom. The summed E-state index contributed by atoms with van der Waals surface area (Å²) in [6.07, 6.45) is 80.2. The van der Waals surface area contributed by atoms with Gasteiger partial charge in [-0.25, -0.2) is 4.57 Å². The van der Waals surface area contributed by atoms with Gasteiger partial charge in [-0.1, -0.05) is 258 Å². The molecule has 0 fully saturated rings. The highest BCUT2D eigenvalue weighted by Gasteiger charge is 2.30. The molecule has 0 aromatic carbocycles. The number of amides is 1. The third-order valence-electron chi connectivity index (χ3n) is 13.0. The van der Waals surface area contributed by atoms with Crippen LogP contribution in [-0.2, 0) is 27.9 Å². The van der Waals surface area contributed by atoms with Gasteiger partial charge in [0.25, 0.3) is 0 Å². The smallest absolute Gasteiger partial charge is 0.456 e. The Bertz CT molecular complexity index is 1800. The van der Waals surface area contributed by atoms with Crippen molar-refractivity contribution in [2.24, 2.45) is 0 Å². The van der Waals surface area contributed by atoms with Gasteiger partial charge < -0.3 is 19.4 Å². The predicted molar refractivity (Wildman–Crippen MR) is 336 cm³/mol. The van der Waals surface area contributed by atoms with Crippen molar-refractivity contribution >= 4 is 19.7 Å². The second-order valence-corrected chi connectivity index (χ2v) is 23.1. The van der Waals surface area contributed by atoms with Crippen LogP contribution >= 0.6 is 7.82 Å². The van der Waals surface area contributed by atoms with E-state index in [0.29, 0.717) is 23.9 Å². The average Bonchev–Trinajstić information content (AvgIpc) is 3.40. The quantitative estimate of drug-likeness (QED) is 0.0156. The third-order valence-corrected chi connectivity index (χ3v) is 14.0. The molecule has 0 saturated heterocycles. The Morgan fingerprint density at radius 1 is 0.474 bits per heavy atom. The van der Waals surface area contributed by atoms with Gasteiger partial charge in [-0.15, -0.1) is 0 Å². The lowest BCUT2D eigenvalue weighted by Crippen LogP contribution is -2.47. The lowest BCUT2D eigenvalue weighted by atomic mass is 10.0. The van der Waals surface area contributed by atoms with Crippen LogP contribution in [0.1, 0.15) is 233 Å². The SMILES string of the molecule is CC\C=C/C=C/C=C/C=C\C=C\C=C\CCCCCC(=O)NC(COP(=O)(O)OCC[N+](C)(C)C)C(/C=C\CCCCCCCCCCCC)OC(=O)CCCCCCCCC/C=C\C/C=C\C/C=C\C/C=C\CCCCC. The molecule has 0 heterocycles. The molecule has 0 saturated carbocycles. The van der Waals surface area contributed by atoms with Crippen LogP contribution in [0, 0.1) is 0 Å². The minimum atomic E-state index is -4.47. The number of likely N-dealkylation sites (N-methyl/N-ethyl adjacent to an activating group) is 1. The van der Waals surface area contributed by atoms with Crippen LogP contribution < -0.4 is 5.32 Å². The van der Waals surface area contributed by atoms with Crippen LogP contribution in [0.25, 0.3) is 0 Å². The number of carbonyl (C=O) groups excluding carboxylic acids is 2. The van der Waals surface area contributed by atoms with Crippen molar-refractivity contribution in [2.75, 3.05) is 40.9 Å². The van der Waals surface area contributed by atoms with E-state index in [1.54, 1.807) is 0 Å². The van der Waals surface area contributed by atoms with E-state index in [2.05, 4.69) is 86.8 Å². The molecule has 444 valence electrons. The summed E-state index contributed by atoms with van der Waals surface area (Å²) in [5, 5.41) is 3.02. The van der Waals surface area contributed by atoms with Gasteiger partial charge in [-0.3, -0.25) is 18.6 Å². The summed E-state index contributed by atoms with van der Waals surface area (Å²) in [4.78, 5) is 37.7. The molecule has 0 aliphatic carbocycles.